The molecule has 3 rings (SSSR count). The summed E-state index contributed by atoms with van der Waals surface area (Å²) in [5, 5.41) is 20.8. The fraction of sp³-hybridized carbons (Fsp3) is 0.450. The highest BCUT2D eigenvalue weighted by Crippen LogP contribution is 2.24. The molecular formula is C20H24N4O. The van der Waals surface area contributed by atoms with Crippen LogP contribution in [0.2, 0.25) is 0 Å². The zero-order valence-electron chi connectivity index (χ0n) is 14.9. The van der Waals surface area contributed by atoms with E-state index < -0.39 is 0 Å². The number of aryl methyl sites for hydroxylation is 1. The van der Waals surface area contributed by atoms with Gasteiger partial charge >= 0.3 is 0 Å². The van der Waals surface area contributed by atoms with Gasteiger partial charge in [-0.1, -0.05) is 18.6 Å². The molecule has 1 fully saturated rings. The van der Waals surface area contributed by atoms with Crippen LogP contribution in [-0.2, 0) is 6.54 Å². The van der Waals surface area contributed by atoms with E-state index >= 15 is 0 Å². The number of nitrogens with zero attached hydrogens (tertiary/aromatic N) is 3. The van der Waals surface area contributed by atoms with Gasteiger partial charge in [0.15, 0.2) is 5.82 Å². The molecule has 1 aromatic carbocycles. The molecule has 1 N–H and O–H groups in total. The van der Waals surface area contributed by atoms with Crippen molar-refractivity contribution in [2.24, 2.45) is 0 Å². The lowest BCUT2D eigenvalue weighted by Gasteiger charge is -2.23. The largest absolute Gasteiger partial charge is 0.490 e. The van der Waals surface area contributed by atoms with Gasteiger partial charge in [0.25, 0.3) is 0 Å². The first kappa shape index (κ1) is 17.2. The average Bonchev–Trinajstić information content (AvgIpc) is 2.64. The van der Waals surface area contributed by atoms with Gasteiger partial charge in [0, 0.05) is 6.54 Å². The highest BCUT2D eigenvalue weighted by Gasteiger charge is 2.15. The van der Waals surface area contributed by atoms with Crippen LogP contribution in [0.3, 0.4) is 0 Å². The molecule has 1 heterocycles. The Hall–Kier alpha value is -2.61. The van der Waals surface area contributed by atoms with Crippen molar-refractivity contribution in [1.82, 2.24) is 10.2 Å². The molecule has 0 atom stereocenters. The standard InChI is InChI=1S/C20H24N4O/c1-14-15(2)23-24-20(19(14)12-21)22-13-16-7-6-10-18(11-16)25-17-8-4-3-5-9-17/h6-7,10-11,17H,3-5,8-9,13H2,1-2H3,(H,22,24). The van der Waals surface area contributed by atoms with Crippen molar-refractivity contribution < 1.29 is 4.74 Å². The van der Waals surface area contributed by atoms with Crippen LogP contribution in [0.25, 0.3) is 0 Å². The normalized spacial score (nSPS) is 14.8. The number of rotatable bonds is 5. The third kappa shape index (κ3) is 4.27. The van der Waals surface area contributed by atoms with Gasteiger partial charge < -0.3 is 10.1 Å². The Morgan fingerprint density at radius 1 is 1.20 bits per heavy atom. The summed E-state index contributed by atoms with van der Waals surface area (Å²) in [4.78, 5) is 0. The Morgan fingerprint density at radius 3 is 2.76 bits per heavy atom. The molecular weight excluding hydrogens is 312 g/mol. The zero-order valence-corrected chi connectivity index (χ0v) is 14.9. The van der Waals surface area contributed by atoms with Crippen molar-refractivity contribution in [3.8, 4) is 11.8 Å². The summed E-state index contributed by atoms with van der Waals surface area (Å²) in [6, 6.07) is 10.3. The second-order valence-electron chi connectivity index (χ2n) is 6.62. The van der Waals surface area contributed by atoms with Gasteiger partial charge in [-0.3, -0.25) is 0 Å². The van der Waals surface area contributed by atoms with E-state index in [4.69, 9.17) is 4.74 Å². The fourth-order valence-electron chi connectivity index (χ4n) is 3.16. The van der Waals surface area contributed by atoms with E-state index in [1.54, 1.807) is 0 Å². The first-order valence-corrected chi connectivity index (χ1v) is 8.91. The second kappa shape index (κ2) is 7.98. The number of anilines is 1. The first-order valence-electron chi connectivity index (χ1n) is 8.91. The third-order valence-corrected chi connectivity index (χ3v) is 4.78. The monoisotopic (exact) mass is 336 g/mol. The number of ether oxygens (including phenoxy) is 1. The first-order chi connectivity index (χ1) is 12.2. The maximum atomic E-state index is 9.37. The molecule has 1 aliphatic rings. The molecule has 0 spiro atoms. The minimum atomic E-state index is 0.341. The molecule has 0 unspecified atom stereocenters. The number of hydrogen-bond donors (Lipinski definition) is 1. The van der Waals surface area contributed by atoms with Crippen molar-refractivity contribution in [2.75, 3.05) is 5.32 Å². The molecule has 1 saturated carbocycles. The lowest BCUT2D eigenvalue weighted by atomic mass is 9.98. The Balaban J connectivity index is 1.67. The van der Waals surface area contributed by atoms with Crippen LogP contribution < -0.4 is 10.1 Å². The minimum absolute atomic E-state index is 0.341. The minimum Gasteiger partial charge on any atom is -0.490 e. The highest BCUT2D eigenvalue weighted by atomic mass is 16.5. The molecule has 2 aromatic rings. The van der Waals surface area contributed by atoms with Crippen LogP contribution in [0.15, 0.2) is 24.3 Å². The predicted octanol–water partition coefficient (Wildman–Crippen LogP) is 4.29. The van der Waals surface area contributed by atoms with Gasteiger partial charge in [-0.05, 0) is 62.8 Å². The number of nitrogens with one attached hydrogen (secondary N) is 1. The molecule has 0 bridgehead atoms. The van der Waals surface area contributed by atoms with Crippen molar-refractivity contribution in [3.63, 3.8) is 0 Å². The molecule has 5 nitrogen and oxygen atoms in total. The SMILES string of the molecule is Cc1nnc(NCc2cccc(OC3CCCCC3)c2)c(C#N)c1C. The smallest absolute Gasteiger partial charge is 0.167 e. The van der Waals surface area contributed by atoms with Gasteiger partial charge in [0.2, 0.25) is 0 Å². The van der Waals surface area contributed by atoms with Crippen molar-refractivity contribution >= 4 is 5.82 Å². The number of aromatic nitrogens is 2. The van der Waals surface area contributed by atoms with E-state index in [1.807, 2.05) is 32.0 Å². The second-order valence-corrected chi connectivity index (χ2v) is 6.62. The van der Waals surface area contributed by atoms with Gasteiger partial charge in [-0.2, -0.15) is 10.4 Å². The summed E-state index contributed by atoms with van der Waals surface area (Å²) in [6.45, 7) is 4.33. The molecule has 5 heteroatoms. The van der Waals surface area contributed by atoms with Crippen LogP contribution in [0.4, 0.5) is 5.82 Å². The van der Waals surface area contributed by atoms with Gasteiger partial charge in [0.05, 0.1) is 11.8 Å². The number of hydrogen-bond acceptors (Lipinski definition) is 5. The Morgan fingerprint density at radius 2 is 2.00 bits per heavy atom. The quantitative estimate of drug-likeness (QED) is 0.882. The summed E-state index contributed by atoms with van der Waals surface area (Å²) >= 11 is 0. The third-order valence-electron chi connectivity index (χ3n) is 4.78. The Labute approximate surface area is 149 Å². The van der Waals surface area contributed by atoms with E-state index in [9.17, 15) is 5.26 Å². The average molecular weight is 336 g/mol. The molecule has 0 amide bonds. The fourth-order valence-corrected chi connectivity index (χ4v) is 3.16. The highest BCUT2D eigenvalue weighted by molar-refractivity contribution is 5.56. The van der Waals surface area contributed by atoms with Gasteiger partial charge in [0.1, 0.15) is 17.4 Å². The molecule has 1 aromatic heterocycles. The molecule has 0 aliphatic heterocycles. The van der Waals surface area contributed by atoms with Crippen molar-refractivity contribution in [3.05, 3.63) is 46.6 Å². The van der Waals surface area contributed by atoms with E-state index in [0.29, 0.717) is 24.0 Å². The Bertz CT molecular complexity index is 776. The summed E-state index contributed by atoms with van der Waals surface area (Å²) in [5.74, 6) is 1.45. The molecule has 1 aliphatic carbocycles. The van der Waals surface area contributed by atoms with Crippen molar-refractivity contribution in [1.29, 1.82) is 5.26 Å². The van der Waals surface area contributed by atoms with Crippen LogP contribution >= 0.6 is 0 Å². The summed E-state index contributed by atoms with van der Waals surface area (Å²) in [6.07, 6.45) is 6.47. The molecule has 0 radical (unpaired) electrons. The maximum Gasteiger partial charge on any atom is 0.167 e. The van der Waals surface area contributed by atoms with Gasteiger partial charge in [-0.15, -0.1) is 5.10 Å². The molecule has 25 heavy (non-hydrogen) atoms. The van der Waals surface area contributed by atoms with Crippen molar-refractivity contribution in [2.45, 2.75) is 58.6 Å². The summed E-state index contributed by atoms with van der Waals surface area (Å²) < 4.78 is 6.12. The van der Waals surface area contributed by atoms with E-state index in [-0.39, 0.29) is 0 Å². The topological polar surface area (TPSA) is 70.8 Å². The van der Waals surface area contributed by atoms with Crippen LogP contribution in [0.5, 0.6) is 5.75 Å². The van der Waals surface area contributed by atoms with Crippen LogP contribution in [0, 0.1) is 25.2 Å². The lowest BCUT2D eigenvalue weighted by molar-refractivity contribution is 0.155. The van der Waals surface area contributed by atoms with Crippen LogP contribution in [-0.4, -0.2) is 16.3 Å². The molecule has 0 saturated heterocycles. The van der Waals surface area contributed by atoms with E-state index in [2.05, 4.69) is 27.6 Å². The number of benzene rings is 1. The van der Waals surface area contributed by atoms with Gasteiger partial charge in [-0.25, -0.2) is 0 Å². The number of nitriles is 1. The Kier molecular flexibility index (Phi) is 5.49. The predicted molar refractivity (Wildman–Crippen MR) is 97.5 cm³/mol. The van der Waals surface area contributed by atoms with Crippen LogP contribution in [0.1, 0.15) is 54.5 Å². The lowest BCUT2D eigenvalue weighted by Crippen LogP contribution is -2.19. The summed E-state index contributed by atoms with van der Waals surface area (Å²) in [5.41, 5.74) is 3.30. The molecule has 130 valence electrons. The van der Waals surface area contributed by atoms with E-state index in [1.165, 1.54) is 19.3 Å². The maximum absolute atomic E-state index is 9.37. The summed E-state index contributed by atoms with van der Waals surface area (Å²) in [7, 11) is 0. The zero-order chi connectivity index (χ0) is 17.6. The van der Waals surface area contributed by atoms with E-state index in [0.717, 1.165) is 35.4 Å².